The molecule has 0 unspecified atom stereocenters. The summed E-state index contributed by atoms with van der Waals surface area (Å²) in [7, 11) is 3.49. The van der Waals surface area contributed by atoms with E-state index in [1.54, 1.807) is 14.2 Å². The predicted octanol–water partition coefficient (Wildman–Crippen LogP) is 0.806. The lowest BCUT2D eigenvalue weighted by molar-refractivity contribution is 0.0145. The molecule has 0 spiro atoms. The molecule has 0 bridgehead atoms. The number of hydrogen-bond donors (Lipinski definition) is 1. The summed E-state index contributed by atoms with van der Waals surface area (Å²) in [6.07, 6.45) is 3.73. The third kappa shape index (κ3) is 5.47. The van der Waals surface area contributed by atoms with E-state index in [4.69, 9.17) is 14.2 Å². The van der Waals surface area contributed by atoms with Crippen LogP contribution in [0.3, 0.4) is 0 Å². The standard InChI is InChI=1S/C11H23NO3/c1-13-5-3-6-15-7-4-12-10-8-11(9-10)14-2/h10-12H,3-9H2,1-2H3. The fourth-order valence-corrected chi connectivity index (χ4v) is 1.67. The first kappa shape index (κ1) is 12.9. The van der Waals surface area contributed by atoms with Gasteiger partial charge in [0.2, 0.25) is 0 Å². The van der Waals surface area contributed by atoms with Crippen LogP contribution in [0.5, 0.6) is 0 Å². The van der Waals surface area contributed by atoms with Gasteiger partial charge < -0.3 is 19.5 Å². The molecule has 1 fully saturated rings. The molecule has 0 aromatic heterocycles. The number of hydrogen-bond acceptors (Lipinski definition) is 4. The zero-order valence-electron chi connectivity index (χ0n) is 9.83. The Labute approximate surface area is 92.3 Å². The molecular formula is C11H23NO3. The van der Waals surface area contributed by atoms with Crippen molar-refractivity contribution in [1.82, 2.24) is 5.32 Å². The Morgan fingerprint density at radius 3 is 2.60 bits per heavy atom. The normalized spacial score (nSPS) is 25.2. The molecule has 0 saturated heterocycles. The van der Waals surface area contributed by atoms with Crippen LogP contribution >= 0.6 is 0 Å². The van der Waals surface area contributed by atoms with E-state index in [0.717, 1.165) is 45.6 Å². The Hall–Kier alpha value is -0.160. The Balaban J connectivity index is 1.74. The number of methoxy groups -OCH3 is 2. The quantitative estimate of drug-likeness (QED) is 0.580. The minimum absolute atomic E-state index is 0.477. The molecule has 0 heterocycles. The maximum atomic E-state index is 5.43. The minimum atomic E-state index is 0.477. The van der Waals surface area contributed by atoms with E-state index >= 15 is 0 Å². The smallest absolute Gasteiger partial charge is 0.0601 e. The van der Waals surface area contributed by atoms with Gasteiger partial charge in [0, 0.05) is 40.0 Å². The van der Waals surface area contributed by atoms with Crippen molar-refractivity contribution in [3.05, 3.63) is 0 Å². The Kier molecular flexibility index (Phi) is 6.92. The van der Waals surface area contributed by atoms with Gasteiger partial charge in [-0.2, -0.15) is 0 Å². The SMILES string of the molecule is COCCCOCCNC1CC(OC)C1. The van der Waals surface area contributed by atoms with Crippen LogP contribution in [0.15, 0.2) is 0 Å². The molecule has 15 heavy (non-hydrogen) atoms. The maximum absolute atomic E-state index is 5.43. The summed E-state index contributed by atoms with van der Waals surface area (Å²) < 4.78 is 15.6. The van der Waals surface area contributed by atoms with Crippen molar-refractivity contribution in [2.45, 2.75) is 31.4 Å². The molecule has 1 aliphatic rings. The number of nitrogens with one attached hydrogen (secondary N) is 1. The largest absolute Gasteiger partial charge is 0.385 e. The zero-order chi connectivity index (χ0) is 10.9. The van der Waals surface area contributed by atoms with Gasteiger partial charge in [-0.25, -0.2) is 0 Å². The van der Waals surface area contributed by atoms with Gasteiger partial charge in [-0.05, 0) is 19.3 Å². The summed E-state index contributed by atoms with van der Waals surface area (Å²) in [5.41, 5.74) is 0. The summed E-state index contributed by atoms with van der Waals surface area (Å²) in [5, 5.41) is 3.44. The van der Waals surface area contributed by atoms with Crippen LogP contribution in [-0.4, -0.2) is 52.7 Å². The van der Waals surface area contributed by atoms with Crippen molar-refractivity contribution in [3.8, 4) is 0 Å². The van der Waals surface area contributed by atoms with E-state index in [1.165, 1.54) is 0 Å². The van der Waals surface area contributed by atoms with Crippen molar-refractivity contribution < 1.29 is 14.2 Å². The molecule has 1 N–H and O–H groups in total. The van der Waals surface area contributed by atoms with Gasteiger partial charge in [0.1, 0.15) is 0 Å². The Morgan fingerprint density at radius 1 is 1.13 bits per heavy atom. The first-order valence-electron chi connectivity index (χ1n) is 5.69. The van der Waals surface area contributed by atoms with Crippen LogP contribution in [0.1, 0.15) is 19.3 Å². The van der Waals surface area contributed by atoms with Crippen molar-refractivity contribution in [2.75, 3.05) is 40.6 Å². The predicted molar refractivity (Wildman–Crippen MR) is 59.1 cm³/mol. The van der Waals surface area contributed by atoms with Gasteiger partial charge in [-0.1, -0.05) is 0 Å². The van der Waals surface area contributed by atoms with Gasteiger partial charge in [0.15, 0.2) is 0 Å². The second kappa shape index (κ2) is 8.05. The molecule has 1 aliphatic carbocycles. The van der Waals surface area contributed by atoms with Crippen LogP contribution in [0.4, 0.5) is 0 Å². The van der Waals surface area contributed by atoms with Crippen LogP contribution < -0.4 is 5.32 Å². The van der Waals surface area contributed by atoms with Crippen molar-refractivity contribution >= 4 is 0 Å². The van der Waals surface area contributed by atoms with Gasteiger partial charge in [-0.3, -0.25) is 0 Å². The van der Waals surface area contributed by atoms with E-state index < -0.39 is 0 Å². The lowest BCUT2D eigenvalue weighted by Crippen LogP contribution is -2.46. The molecule has 0 radical (unpaired) electrons. The van der Waals surface area contributed by atoms with Gasteiger partial charge in [0.05, 0.1) is 12.7 Å². The molecule has 90 valence electrons. The number of rotatable bonds is 9. The highest BCUT2D eigenvalue weighted by molar-refractivity contribution is 4.85. The maximum Gasteiger partial charge on any atom is 0.0601 e. The van der Waals surface area contributed by atoms with Crippen molar-refractivity contribution in [1.29, 1.82) is 0 Å². The summed E-state index contributed by atoms with van der Waals surface area (Å²) >= 11 is 0. The van der Waals surface area contributed by atoms with E-state index in [-0.39, 0.29) is 0 Å². The summed E-state index contributed by atoms with van der Waals surface area (Å²) in [6, 6.07) is 0.637. The molecule has 1 saturated carbocycles. The van der Waals surface area contributed by atoms with Crippen molar-refractivity contribution in [2.24, 2.45) is 0 Å². The van der Waals surface area contributed by atoms with Crippen LogP contribution in [0.2, 0.25) is 0 Å². The molecule has 0 atom stereocenters. The lowest BCUT2D eigenvalue weighted by Gasteiger charge is -2.34. The minimum Gasteiger partial charge on any atom is -0.385 e. The van der Waals surface area contributed by atoms with E-state index in [2.05, 4.69) is 5.32 Å². The molecular weight excluding hydrogens is 194 g/mol. The highest BCUT2D eigenvalue weighted by Gasteiger charge is 2.27. The first-order chi connectivity index (χ1) is 7.36. The first-order valence-corrected chi connectivity index (χ1v) is 5.69. The van der Waals surface area contributed by atoms with Gasteiger partial charge in [0.25, 0.3) is 0 Å². The Morgan fingerprint density at radius 2 is 1.93 bits per heavy atom. The zero-order valence-corrected chi connectivity index (χ0v) is 9.83. The summed E-state index contributed by atoms with van der Waals surface area (Å²) in [6.45, 7) is 3.30. The molecule has 0 aromatic rings. The average molecular weight is 217 g/mol. The van der Waals surface area contributed by atoms with Crippen LogP contribution in [-0.2, 0) is 14.2 Å². The van der Waals surface area contributed by atoms with Crippen molar-refractivity contribution in [3.63, 3.8) is 0 Å². The monoisotopic (exact) mass is 217 g/mol. The van der Waals surface area contributed by atoms with Gasteiger partial charge in [-0.15, -0.1) is 0 Å². The molecule has 1 rings (SSSR count). The Bertz CT molecular complexity index is 149. The molecule has 4 nitrogen and oxygen atoms in total. The van der Waals surface area contributed by atoms with Gasteiger partial charge >= 0.3 is 0 Å². The average Bonchev–Trinajstić information content (AvgIpc) is 2.19. The molecule has 0 aromatic carbocycles. The molecule has 4 heteroatoms. The topological polar surface area (TPSA) is 39.7 Å². The van der Waals surface area contributed by atoms with E-state index in [0.29, 0.717) is 12.1 Å². The van der Waals surface area contributed by atoms with E-state index in [1.807, 2.05) is 0 Å². The third-order valence-electron chi connectivity index (χ3n) is 2.74. The summed E-state index contributed by atoms with van der Waals surface area (Å²) in [4.78, 5) is 0. The second-order valence-electron chi connectivity index (χ2n) is 3.94. The fourth-order valence-electron chi connectivity index (χ4n) is 1.67. The van der Waals surface area contributed by atoms with E-state index in [9.17, 15) is 0 Å². The summed E-state index contributed by atoms with van der Waals surface area (Å²) in [5.74, 6) is 0. The fraction of sp³-hybridized carbons (Fsp3) is 1.00. The molecule has 0 aliphatic heterocycles. The number of ether oxygens (including phenoxy) is 3. The van der Waals surface area contributed by atoms with Crippen LogP contribution in [0, 0.1) is 0 Å². The highest BCUT2D eigenvalue weighted by Crippen LogP contribution is 2.21. The molecule has 0 amide bonds. The second-order valence-corrected chi connectivity index (χ2v) is 3.94. The third-order valence-corrected chi connectivity index (χ3v) is 2.74. The van der Waals surface area contributed by atoms with Crippen LogP contribution in [0.25, 0.3) is 0 Å². The highest BCUT2D eigenvalue weighted by atomic mass is 16.5. The lowest BCUT2D eigenvalue weighted by atomic mass is 9.89.